The molecule has 0 unspecified atom stereocenters. The molecule has 0 aliphatic carbocycles. The monoisotopic (exact) mass is 197 g/mol. The van der Waals surface area contributed by atoms with Crippen LogP contribution in [-0.4, -0.2) is 23.3 Å². The fourth-order valence-corrected chi connectivity index (χ4v) is 1.85. The Morgan fingerprint density at radius 3 is 2.07 bits per heavy atom. The third kappa shape index (κ3) is 2.14. The number of amides is 2. The Hall–Kier alpha value is -0.860. The van der Waals surface area contributed by atoms with Crippen molar-refractivity contribution in [3.63, 3.8) is 0 Å². The summed E-state index contributed by atoms with van der Waals surface area (Å²) in [4.78, 5) is 24.8. The molecule has 0 aromatic heterocycles. The molecule has 80 valence electrons. The number of hydrogen-bond acceptors (Lipinski definition) is 2. The first-order valence-corrected chi connectivity index (χ1v) is 5.35. The number of likely N-dealkylation sites (tertiary alicyclic amines) is 1. The van der Waals surface area contributed by atoms with E-state index in [1.54, 1.807) is 0 Å². The quantitative estimate of drug-likeness (QED) is 0.648. The Balaban J connectivity index is 2.73. The van der Waals surface area contributed by atoms with Crippen LogP contribution in [0.2, 0.25) is 0 Å². The number of rotatable bonds is 3. The molecule has 1 fully saturated rings. The van der Waals surface area contributed by atoms with Gasteiger partial charge in [0, 0.05) is 19.4 Å². The summed E-state index contributed by atoms with van der Waals surface area (Å²) >= 11 is 0. The second-order valence-corrected chi connectivity index (χ2v) is 4.46. The molecule has 0 saturated carbocycles. The fraction of sp³-hybridized carbons (Fsp3) is 0.818. The van der Waals surface area contributed by atoms with E-state index in [-0.39, 0.29) is 17.2 Å². The molecule has 0 atom stereocenters. The van der Waals surface area contributed by atoms with Gasteiger partial charge >= 0.3 is 0 Å². The summed E-state index contributed by atoms with van der Waals surface area (Å²) in [6.07, 6.45) is 2.79. The number of carbonyl (C=O) groups is 2. The van der Waals surface area contributed by atoms with Crippen molar-refractivity contribution in [2.75, 3.05) is 6.54 Å². The largest absolute Gasteiger partial charge is 0.283 e. The van der Waals surface area contributed by atoms with Crippen molar-refractivity contribution in [3.8, 4) is 0 Å². The van der Waals surface area contributed by atoms with Crippen LogP contribution < -0.4 is 0 Å². The van der Waals surface area contributed by atoms with Gasteiger partial charge in [0.1, 0.15) is 0 Å². The molecule has 0 bridgehead atoms. The normalized spacial score (nSPS) is 21.5. The molecule has 14 heavy (non-hydrogen) atoms. The molecule has 1 saturated heterocycles. The summed E-state index contributed by atoms with van der Waals surface area (Å²) in [6, 6.07) is 0. The van der Waals surface area contributed by atoms with E-state index in [2.05, 4.69) is 0 Å². The van der Waals surface area contributed by atoms with Crippen LogP contribution in [0.1, 0.15) is 46.5 Å². The molecule has 1 aliphatic rings. The van der Waals surface area contributed by atoms with Crippen LogP contribution >= 0.6 is 0 Å². The van der Waals surface area contributed by atoms with Crippen molar-refractivity contribution in [1.29, 1.82) is 0 Å². The van der Waals surface area contributed by atoms with E-state index in [9.17, 15) is 9.59 Å². The van der Waals surface area contributed by atoms with Gasteiger partial charge in [-0.25, -0.2) is 0 Å². The number of imide groups is 1. The van der Waals surface area contributed by atoms with Gasteiger partial charge in [0.15, 0.2) is 0 Å². The van der Waals surface area contributed by atoms with Gasteiger partial charge in [-0.15, -0.1) is 0 Å². The van der Waals surface area contributed by atoms with Gasteiger partial charge in [-0.2, -0.15) is 0 Å². The molecule has 1 heterocycles. The van der Waals surface area contributed by atoms with Gasteiger partial charge in [-0.1, -0.05) is 20.8 Å². The Labute approximate surface area is 85.5 Å². The van der Waals surface area contributed by atoms with E-state index in [0.717, 1.165) is 12.8 Å². The van der Waals surface area contributed by atoms with E-state index < -0.39 is 0 Å². The highest BCUT2D eigenvalue weighted by atomic mass is 16.2. The van der Waals surface area contributed by atoms with Crippen molar-refractivity contribution in [2.45, 2.75) is 46.5 Å². The minimum absolute atomic E-state index is 0.00690. The zero-order chi connectivity index (χ0) is 10.8. The summed E-state index contributed by atoms with van der Waals surface area (Å²) in [7, 11) is 0. The second-order valence-electron chi connectivity index (χ2n) is 4.46. The number of nitrogens with zero attached hydrogens (tertiary/aromatic N) is 1. The average molecular weight is 197 g/mol. The van der Waals surface area contributed by atoms with Crippen LogP contribution in [-0.2, 0) is 9.59 Å². The van der Waals surface area contributed by atoms with E-state index in [0.29, 0.717) is 19.4 Å². The smallest absolute Gasteiger partial charge is 0.229 e. The minimum Gasteiger partial charge on any atom is -0.283 e. The lowest BCUT2D eigenvalue weighted by Crippen LogP contribution is -2.47. The lowest BCUT2D eigenvalue weighted by Gasteiger charge is -2.36. The Morgan fingerprint density at radius 1 is 1.21 bits per heavy atom. The van der Waals surface area contributed by atoms with Crippen LogP contribution in [0, 0.1) is 5.41 Å². The highest BCUT2D eigenvalue weighted by molar-refractivity contribution is 5.98. The molecule has 1 aliphatic heterocycles. The van der Waals surface area contributed by atoms with E-state index in [1.165, 1.54) is 4.90 Å². The zero-order valence-electron chi connectivity index (χ0n) is 9.30. The van der Waals surface area contributed by atoms with Crippen LogP contribution in [0.3, 0.4) is 0 Å². The third-order valence-corrected chi connectivity index (χ3v) is 3.06. The Bertz CT molecular complexity index is 230. The van der Waals surface area contributed by atoms with E-state index in [4.69, 9.17) is 0 Å². The molecule has 0 aromatic carbocycles. The maximum Gasteiger partial charge on any atom is 0.229 e. The molecule has 1 rings (SSSR count). The Morgan fingerprint density at radius 2 is 1.71 bits per heavy atom. The van der Waals surface area contributed by atoms with Crippen LogP contribution in [0.4, 0.5) is 0 Å². The lowest BCUT2D eigenvalue weighted by molar-refractivity contribution is -0.153. The standard InChI is InChI=1S/C11H19NO2/c1-4-6-12-9(13)7-11(3,5-2)8-10(12)14/h4-8H2,1-3H3. The fourth-order valence-electron chi connectivity index (χ4n) is 1.85. The maximum atomic E-state index is 11.7. The first-order chi connectivity index (χ1) is 6.52. The second kappa shape index (κ2) is 4.11. The van der Waals surface area contributed by atoms with Gasteiger partial charge in [0.05, 0.1) is 0 Å². The van der Waals surface area contributed by atoms with Crippen molar-refractivity contribution >= 4 is 11.8 Å². The van der Waals surface area contributed by atoms with Crippen LogP contribution in [0.5, 0.6) is 0 Å². The number of carbonyl (C=O) groups excluding carboxylic acids is 2. The molecule has 0 spiro atoms. The topological polar surface area (TPSA) is 37.4 Å². The van der Waals surface area contributed by atoms with Crippen LogP contribution in [0.15, 0.2) is 0 Å². The van der Waals surface area contributed by atoms with Gasteiger partial charge in [-0.3, -0.25) is 14.5 Å². The molecule has 0 radical (unpaired) electrons. The van der Waals surface area contributed by atoms with Crippen molar-refractivity contribution in [3.05, 3.63) is 0 Å². The summed E-state index contributed by atoms with van der Waals surface area (Å²) < 4.78 is 0. The minimum atomic E-state index is -0.0988. The molecular formula is C11H19NO2. The third-order valence-electron chi connectivity index (χ3n) is 3.06. The van der Waals surface area contributed by atoms with Crippen molar-refractivity contribution < 1.29 is 9.59 Å². The molecule has 3 nitrogen and oxygen atoms in total. The molecule has 2 amide bonds. The summed E-state index contributed by atoms with van der Waals surface area (Å²) in [5.41, 5.74) is -0.0988. The van der Waals surface area contributed by atoms with Gasteiger partial charge in [0.25, 0.3) is 0 Å². The predicted octanol–water partition coefficient (Wildman–Crippen LogP) is 1.96. The first kappa shape index (κ1) is 11.2. The highest BCUT2D eigenvalue weighted by Gasteiger charge is 2.38. The molecular weight excluding hydrogens is 178 g/mol. The zero-order valence-corrected chi connectivity index (χ0v) is 9.30. The SMILES string of the molecule is CCCN1C(=O)CC(C)(CC)CC1=O. The number of piperidine rings is 1. The summed E-state index contributed by atoms with van der Waals surface area (Å²) in [6.45, 7) is 6.62. The van der Waals surface area contributed by atoms with Crippen molar-refractivity contribution in [2.24, 2.45) is 5.41 Å². The Kier molecular flexibility index (Phi) is 3.29. The lowest BCUT2D eigenvalue weighted by atomic mass is 9.77. The van der Waals surface area contributed by atoms with E-state index in [1.807, 2.05) is 20.8 Å². The van der Waals surface area contributed by atoms with Crippen LogP contribution in [0.25, 0.3) is 0 Å². The maximum absolute atomic E-state index is 11.7. The highest BCUT2D eigenvalue weighted by Crippen LogP contribution is 2.35. The average Bonchev–Trinajstić information content (AvgIpc) is 2.11. The van der Waals surface area contributed by atoms with Gasteiger partial charge in [0.2, 0.25) is 11.8 Å². The summed E-state index contributed by atoms with van der Waals surface area (Å²) in [5, 5.41) is 0. The molecule has 0 aromatic rings. The summed E-state index contributed by atoms with van der Waals surface area (Å²) in [5.74, 6) is 0.0138. The van der Waals surface area contributed by atoms with Crippen molar-refractivity contribution in [1.82, 2.24) is 4.90 Å². The van der Waals surface area contributed by atoms with Gasteiger partial charge in [-0.05, 0) is 18.3 Å². The number of hydrogen-bond donors (Lipinski definition) is 0. The first-order valence-electron chi connectivity index (χ1n) is 5.35. The van der Waals surface area contributed by atoms with Gasteiger partial charge < -0.3 is 0 Å². The molecule has 3 heteroatoms. The predicted molar refractivity (Wildman–Crippen MR) is 54.6 cm³/mol. The van der Waals surface area contributed by atoms with E-state index >= 15 is 0 Å². The molecule has 0 N–H and O–H groups in total.